The molecule has 1 aliphatic carbocycles. The van der Waals surface area contributed by atoms with Gasteiger partial charge in [-0.3, -0.25) is 4.79 Å². The van der Waals surface area contributed by atoms with Crippen molar-refractivity contribution < 1.29 is 14.3 Å². The van der Waals surface area contributed by atoms with E-state index in [2.05, 4.69) is 55.6 Å². The van der Waals surface area contributed by atoms with Crippen molar-refractivity contribution in [2.24, 2.45) is 0 Å². The third kappa shape index (κ3) is 5.27. The third-order valence-corrected chi connectivity index (χ3v) is 9.18. The number of rotatable bonds is 6. The minimum absolute atomic E-state index is 0.266. The van der Waals surface area contributed by atoms with Crippen LogP contribution in [0.25, 0.3) is 22.2 Å². The summed E-state index contributed by atoms with van der Waals surface area (Å²) in [6, 6.07) is 26.2. The molecule has 0 saturated heterocycles. The van der Waals surface area contributed by atoms with Crippen LogP contribution < -0.4 is 5.32 Å². The lowest BCUT2D eigenvalue weighted by Gasteiger charge is -2.23. The molecule has 5 nitrogen and oxygen atoms in total. The number of ether oxygens (including phenoxy) is 1. The van der Waals surface area contributed by atoms with Crippen LogP contribution in [0.1, 0.15) is 67.1 Å². The zero-order valence-corrected chi connectivity index (χ0v) is 24.3. The van der Waals surface area contributed by atoms with Gasteiger partial charge in [-0.25, -0.2) is 9.78 Å². The number of nitrogens with one attached hydrogen (secondary N) is 1. The lowest BCUT2D eigenvalue weighted by Crippen LogP contribution is -2.17. The van der Waals surface area contributed by atoms with Gasteiger partial charge >= 0.3 is 5.97 Å². The van der Waals surface area contributed by atoms with Crippen LogP contribution in [0.15, 0.2) is 78.9 Å². The maximum Gasteiger partial charge on any atom is 0.341 e. The fourth-order valence-corrected chi connectivity index (χ4v) is 7.00. The summed E-state index contributed by atoms with van der Waals surface area (Å²) >= 11 is 1.50. The molecule has 0 bridgehead atoms. The summed E-state index contributed by atoms with van der Waals surface area (Å²) in [5.41, 5.74) is 8.14. The molecular weight excluding hydrogens is 528 g/mol. The van der Waals surface area contributed by atoms with Gasteiger partial charge in [-0.05, 0) is 86.4 Å². The van der Waals surface area contributed by atoms with Crippen LogP contribution in [0.2, 0.25) is 0 Å². The van der Waals surface area contributed by atoms with E-state index in [0.29, 0.717) is 22.0 Å². The lowest BCUT2D eigenvalue weighted by molar-refractivity contribution is 0.0526. The number of thiophene rings is 1. The standard InChI is InChI=1S/C35H32N2O3S/c1-4-40-35(39)32-27-17-16-24(23-10-6-5-7-11-23)19-31(27)41-34(32)37-33(38)28-20-30(25-15-14-21(2)22(3)18-25)36-29-13-9-8-12-26(28)29/h5-15,18,20,24H,4,16-17,19H2,1-3H3,(H,37,38)/t24-/m0/s1. The monoisotopic (exact) mass is 560 g/mol. The van der Waals surface area contributed by atoms with Crippen molar-refractivity contribution in [2.75, 3.05) is 11.9 Å². The second-order valence-electron chi connectivity index (χ2n) is 10.6. The number of esters is 1. The van der Waals surface area contributed by atoms with Gasteiger partial charge in [0.2, 0.25) is 0 Å². The maximum atomic E-state index is 14.0. The molecule has 0 unspecified atom stereocenters. The van der Waals surface area contributed by atoms with Gasteiger partial charge in [-0.1, -0.05) is 60.7 Å². The second-order valence-corrected chi connectivity index (χ2v) is 11.7. The molecule has 1 aliphatic rings. The van der Waals surface area contributed by atoms with Crippen LogP contribution >= 0.6 is 11.3 Å². The molecule has 1 atom stereocenters. The van der Waals surface area contributed by atoms with Crippen LogP contribution in [0.5, 0.6) is 0 Å². The minimum atomic E-state index is -0.381. The first-order valence-corrected chi connectivity index (χ1v) is 14.9. The summed E-state index contributed by atoms with van der Waals surface area (Å²) in [4.78, 5) is 33.2. The van der Waals surface area contributed by atoms with Gasteiger partial charge in [0.25, 0.3) is 5.91 Å². The van der Waals surface area contributed by atoms with E-state index < -0.39 is 0 Å². The minimum Gasteiger partial charge on any atom is -0.462 e. The predicted molar refractivity (Wildman–Crippen MR) is 166 cm³/mol. The molecule has 41 heavy (non-hydrogen) atoms. The largest absolute Gasteiger partial charge is 0.462 e. The predicted octanol–water partition coefficient (Wildman–Crippen LogP) is 8.28. The summed E-state index contributed by atoms with van der Waals surface area (Å²) in [5.74, 6) is -0.267. The number of para-hydroxylation sites is 1. The molecule has 1 N–H and O–H groups in total. The summed E-state index contributed by atoms with van der Waals surface area (Å²) in [5, 5.41) is 4.44. The van der Waals surface area contributed by atoms with Crippen molar-refractivity contribution in [2.45, 2.75) is 46.0 Å². The number of aromatic nitrogens is 1. The highest BCUT2D eigenvalue weighted by Crippen LogP contribution is 2.43. The van der Waals surface area contributed by atoms with E-state index >= 15 is 0 Å². The molecule has 0 radical (unpaired) electrons. The number of hydrogen-bond donors (Lipinski definition) is 1. The summed E-state index contributed by atoms with van der Waals surface area (Å²) in [6.07, 6.45) is 2.55. The smallest absolute Gasteiger partial charge is 0.341 e. The number of nitrogens with zero attached hydrogens (tertiary/aromatic N) is 1. The SMILES string of the molecule is CCOC(=O)c1c(NC(=O)c2cc(-c3ccc(C)c(C)c3)nc3ccccc23)sc2c1CC[C@H](c1ccccc1)C2. The summed E-state index contributed by atoms with van der Waals surface area (Å²) < 4.78 is 5.47. The molecule has 6 rings (SSSR count). The Morgan fingerprint density at radius 2 is 1.76 bits per heavy atom. The molecule has 5 aromatic rings. The number of carbonyl (C=O) groups is 2. The Morgan fingerprint density at radius 1 is 0.976 bits per heavy atom. The Kier molecular flexibility index (Phi) is 7.41. The number of anilines is 1. The molecule has 206 valence electrons. The Bertz CT molecular complexity index is 1770. The average Bonchev–Trinajstić information content (AvgIpc) is 3.35. The average molecular weight is 561 g/mol. The molecule has 2 aromatic heterocycles. The summed E-state index contributed by atoms with van der Waals surface area (Å²) in [7, 11) is 0. The van der Waals surface area contributed by atoms with E-state index in [-0.39, 0.29) is 18.5 Å². The molecule has 6 heteroatoms. The Hall–Kier alpha value is -4.29. The van der Waals surface area contributed by atoms with Crippen LogP contribution in [-0.2, 0) is 17.6 Å². The van der Waals surface area contributed by atoms with E-state index in [1.165, 1.54) is 28.0 Å². The van der Waals surface area contributed by atoms with Gasteiger partial charge in [-0.15, -0.1) is 11.3 Å². The van der Waals surface area contributed by atoms with Gasteiger partial charge in [0.05, 0.1) is 28.9 Å². The molecule has 0 saturated carbocycles. The topological polar surface area (TPSA) is 68.3 Å². The molecule has 0 aliphatic heterocycles. The van der Waals surface area contributed by atoms with Crippen LogP contribution in [0.4, 0.5) is 5.00 Å². The zero-order valence-electron chi connectivity index (χ0n) is 23.5. The number of pyridine rings is 1. The van der Waals surface area contributed by atoms with Gasteiger partial charge in [-0.2, -0.15) is 0 Å². The molecule has 0 fully saturated rings. The second kappa shape index (κ2) is 11.3. The first-order valence-electron chi connectivity index (χ1n) is 14.1. The molecule has 3 aromatic carbocycles. The van der Waals surface area contributed by atoms with Gasteiger partial charge in [0, 0.05) is 15.8 Å². The highest BCUT2D eigenvalue weighted by Gasteiger charge is 2.31. The van der Waals surface area contributed by atoms with E-state index in [9.17, 15) is 9.59 Å². The number of hydrogen-bond acceptors (Lipinski definition) is 5. The van der Waals surface area contributed by atoms with Crippen molar-refractivity contribution >= 4 is 39.1 Å². The number of amides is 1. The maximum absolute atomic E-state index is 14.0. The van der Waals surface area contributed by atoms with Crippen LogP contribution in [0, 0.1) is 13.8 Å². The molecular formula is C35H32N2O3S. The number of aryl methyl sites for hydroxylation is 2. The molecule has 1 amide bonds. The molecule has 0 spiro atoms. The highest BCUT2D eigenvalue weighted by atomic mass is 32.1. The Labute approximate surface area is 244 Å². The first kappa shape index (κ1) is 26.9. The zero-order chi connectivity index (χ0) is 28.5. The summed E-state index contributed by atoms with van der Waals surface area (Å²) in [6.45, 7) is 6.23. The van der Waals surface area contributed by atoms with Gasteiger partial charge in [0.1, 0.15) is 5.00 Å². The van der Waals surface area contributed by atoms with E-state index in [1.54, 1.807) is 6.92 Å². The first-order chi connectivity index (χ1) is 19.9. The van der Waals surface area contributed by atoms with E-state index in [1.807, 2.05) is 42.5 Å². The van der Waals surface area contributed by atoms with Crippen molar-refractivity contribution in [3.8, 4) is 11.3 Å². The normalized spacial score (nSPS) is 14.5. The van der Waals surface area contributed by atoms with Crippen molar-refractivity contribution in [3.63, 3.8) is 0 Å². The van der Waals surface area contributed by atoms with E-state index in [0.717, 1.165) is 51.9 Å². The fourth-order valence-electron chi connectivity index (χ4n) is 5.69. The quantitative estimate of drug-likeness (QED) is 0.212. The molecule has 2 heterocycles. The van der Waals surface area contributed by atoms with Crippen molar-refractivity contribution in [1.29, 1.82) is 0 Å². The van der Waals surface area contributed by atoms with Crippen molar-refractivity contribution in [1.82, 2.24) is 4.98 Å². The van der Waals surface area contributed by atoms with Gasteiger partial charge in [0.15, 0.2) is 0 Å². The number of fused-ring (bicyclic) bond motifs is 2. The lowest BCUT2D eigenvalue weighted by atomic mass is 9.83. The van der Waals surface area contributed by atoms with Crippen LogP contribution in [0.3, 0.4) is 0 Å². The number of carbonyl (C=O) groups excluding carboxylic acids is 2. The fraction of sp³-hybridized carbons (Fsp3) is 0.229. The van der Waals surface area contributed by atoms with E-state index in [4.69, 9.17) is 9.72 Å². The Morgan fingerprint density at radius 3 is 2.54 bits per heavy atom. The third-order valence-electron chi connectivity index (χ3n) is 8.01. The number of benzene rings is 3. The Balaban J connectivity index is 1.39. The van der Waals surface area contributed by atoms with Gasteiger partial charge < -0.3 is 10.1 Å². The highest BCUT2D eigenvalue weighted by molar-refractivity contribution is 7.17. The van der Waals surface area contributed by atoms with Crippen molar-refractivity contribution in [3.05, 3.63) is 117 Å². The van der Waals surface area contributed by atoms with Crippen LogP contribution in [-0.4, -0.2) is 23.5 Å².